The molecule has 0 atom stereocenters. The monoisotopic (exact) mass is 309 g/mol. The van der Waals surface area contributed by atoms with Crippen molar-refractivity contribution in [2.75, 3.05) is 5.32 Å². The van der Waals surface area contributed by atoms with E-state index in [9.17, 15) is 18.0 Å². The Hall–Kier alpha value is -2.57. The molecule has 1 amide bonds. The van der Waals surface area contributed by atoms with Gasteiger partial charge in [-0.05, 0) is 44.2 Å². The van der Waals surface area contributed by atoms with Crippen LogP contribution in [0.3, 0.4) is 0 Å². The van der Waals surface area contributed by atoms with Crippen LogP contribution in [0.15, 0.2) is 36.9 Å². The summed E-state index contributed by atoms with van der Waals surface area (Å²) in [6, 6.07) is 4.90. The van der Waals surface area contributed by atoms with Gasteiger partial charge in [0.1, 0.15) is 0 Å². The number of carbonyl (C=O) groups excluding carboxylic acids is 1. The zero-order chi connectivity index (χ0) is 16.5. The van der Waals surface area contributed by atoms with Crippen molar-refractivity contribution in [1.82, 2.24) is 9.78 Å². The fourth-order valence-electron chi connectivity index (χ4n) is 2.05. The zero-order valence-corrected chi connectivity index (χ0v) is 12.0. The molecule has 0 bridgehead atoms. The molecule has 116 valence electrons. The summed E-state index contributed by atoms with van der Waals surface area (Å²) in [5.41, 5.74) is 0.988. The molecule has 1 N–H and O–H groups in total. The Bertz CT molecular complexity index is 732. The first-order valence-electron chi connectivity index (χ1n) is 6.40. The molecule has 0 aliphatic heterocycles. The van der Waals surface area contributed by atoms with E-state index in [-0.39, 0.29) is 5.69 Å². The molecule has 0 fully saturated rings. The van der Waals surface area contributed by atoms with E-state index in [1.807, 2.05) is 0 Å². The van der Waals surface area contributed by atoms with Crippen LogP contribution in [0, 0.1) is 13.8 Å². The normalized spacial score (nSPS) is 11.3. The average Bonchev–Trinajstić information content (AvgIpc) is 2.76. The van der Waals surface area contributed by atoms with Crippen LogP contribution in [-0.2, 0) is 11.0 Å². The van der Waals surface area contributed by atoms with E-state index >= 15 is 0 Å². The lowest BCUT2D eigenvalue weighted by Crippen LogP contribution is -2.14. The van der Waals surface area contributed by atoms with E-state index in [1.54, 1.807) is 19.9 Å². The quantitative estimate of drug-likeness (QED) is 0.880. The number of anilines is 1. The van der Waals surface area contributed by atoms with Crippen LogP contribution in [0.1, 0.15) is 17.0 Å². The van der Waals surface area contributed by atoms with Gasteiger partial charge in [-0.25, -0.2) is 4.68 Å². The number of alkyl halides is 3. The number of aromatic nitrogens is 2. The number of amides is 1. The first-order chi connectivity index (χ1) is 10.2. The Kier molecular flexibility index (Phi) is 4.07. The van der Waals surface area contributed by atoms with Crippen LogP contribution in [0.5, 0.6) is 0 Å². The molecular formula is C15H14F3N3O. The summed E-state index contributed by atoms with van der Waals surface area (Å²) in [7, 11) is 0. The lowest BCUT2D eigenvalue weighted by atomic mass is 10.1. The third kappa shape index (κ3) is 3.19. The van der Waals surface area contributed by atoms with Crippen molar-refractivity contribution in [3.05, 3.63) is 53.9 Å². The highest BCUT2D eigenvalue weighted by Crippen LogP contribution is 2.33. The van der Waals surface area contributed by atoms with Crippen LogP contribution in [0.2, 0.25) is 0 Å². The standard InChI is InChI=1S/C15H14F3N3O/c1-4-14(22)19-12-8-11(15(16,17)18)5-6-13(12)21-10(3)7-9(2)20-21/h4-8H,1H2,2-3H3,(H,19,22). The predicted octanol–water partition coefficient (Wildman–Crippen LogP) is 3.63. The van der Waals surface area contributed by atoms with Gasteiger partial charge in [0, 0.05) is 5.69 Å². The number of carbonyl (C=O) groups is 1. The van der Waals surface area contributed by atoms with Crippen LogP contribution < -0.4 is 5.32 Å². The first kappa shape index (κ1) is 15.8. The molecule has 1 heterocycles. The minimum absolute atomic E-state index is 0.0194. The second kappa shape index (κ2) is 5.67. The van der Waals surface area contributed by atoms with Gasteiger partial charge in [0.2, 0.25) is 5.91 Å². The summed E-state index contributed by atoms with van der Waals surface area (Å²) >= 11 is 0. The van der Waals surface area contributed by atoms with Crippen molar-refractivity contribution in [3.8, 4) is 5.69 Å². The molecule has 0 aliphatic carbocycles. The van der Waals surface area contributed by atoms with E-state index in [0.29, 0.717) is 5.69 Å². The molecule has 4 nitrogen and oxygen atoms in total. The van der Waals surface area contributed by atoms with Gasteiger partial charge in [0.25, 0.3) is 0 Å². The van der Waals surface area contributed by atoms with Gasteiger partial charge >= 0.3 is 6.18 Å². The lowest BCUT2D eigenvalue weighted by molar-refractivity contribution is -0.137. The Balaban J connectivity index is 2.60. The van der Waals surface area contributed by atoms with Gasteiger partial charge in [0.05, 0.1) is 22.6 Å². The molecule has 0 unspecified atom stereocenters. The number of nitrogens with one attached hydrogen (secondary N) is 1. The van der Waals surface area contributed by atoms with Crippen LogP contribution in [-0.4, -0.2) is 15.7 Å². The molecule has 0 saturated heterocycles. The van der Waals surface area contributed by atoms with E-state index in [1.165, 1.54) is 10.7 Å². The SMILES string of the molecule is C=CC(=O)Nc1cc(C(F)(F)F)ccc1-n1nc(C)cc1C. The van der Waals surface area contributed by atoms with Gasteiger partial charge < -0.3 is 5.32 Å². The number of aryl methyl sites for hydroxylation is 2. The van der Waals surface area contributed by atoms with Crippen LogP contribution >= 0.6 is 0 Å². The zero-order valence-electron chi connectivity index (χ0n) is 12.0. The fourth-order valence-corrected chi connectivity index (χ4v) is 2.05. The molecule has 1 aromatic carbocycles. The van der Waals surface area contributed by atoms with Crippen molar-refractivity contribution < 1.29 is 18.0 Å². The maximum atomic E-state index is 12.8. The fraction of sp³-hybridized carbons (Fsp3) is 0.200. The molecule has 2 rings (SSSR count). The Morgan fingerprint density at radius 3 is 2.50 bits per heavy atom. The van der Waals surface area contributed by atoms with Gasteiger partial charge in [-0.15, -0.1) is 0 Å². The molecule has 2 aromatic rings. The van der Waals surface area contributed by atoms with Gasteiger partial charge in [-0.3, -0.25) is 4.79 Å². The highest BCUT2D eigenvalue weighted by atomic mass is 19.4. The van der Waals surface area contributed by atoms with Crippen LogP contribution in [0.4, 0.5) is 18.9 Å². The summed E-state index contributed by atoms with van der Waals surface area (Å²) in [5.74, 6) is -0.595. The van der Waals surface area contributed by atoms with Gasteiger partial charge in [0.15, 0.2) is 0 Å². The highest BCUT2D eigenvalue weighted by molar-refractivity contribution is 6.00. The summed E-state index contributed by atoms with van der Waals surface area (Å²) in [6.45, 7) is 6.84. The van der Waals surface area contributed by atoms with Crippen molar-refractivity contribution in [1.29, 1.82) is 0 Å². The third-order valence-corrected chi connectivity index (χ3v) is 3.00. The van der Waals surface area contributed by atoms with E-state index in [0.717, 1.165) is 29.6 Å². The number of halogens is 3. The number of benzene rings is 1. The number of nitrogens with zero attached hydrogens (tertiary/aromatic N) is 2. The second-order valence-corrected chi connectivity index (χ2v) is 4.76. The second-order valence-electron chi connectivity index (χ2n) is 4.76. The van der Waals surface area contributed by atoms with Crippen molar-refractivity contribution in [3.63, 3.8) is 0 Å². The Morgan fingerprint density at radius 1 is 1.32 bits per heavy atom. The Morgan fingerprint density at radius 2 is 2.00 bits per heavy atom. The first-order valence-corrected chi connectivity index (χ1v) is 6.40. The number of rotatable bonds is 3. The molecule has 22 heavy (non-hydrogen) atoms. The van der Waals surface area contributed by atoms with Crippen LogP contribution in [0.25, 0.3) is 5.69 Å². The highest BCUT2D eigenvalue weighted by Gasteiger charge is 2.31. The molecule has 0 spiro atoms. The molecule has 0 saturated carbocycles. The molecule has 0 aliphatic rings. The molecular weight excluding hydrogens is 295 g/mol. The molecule has 1 aromatic heterocycles. The summed E-state index contributed by atoms with van der Waals surface area (Å²) in [5, 5.41) is 6.61. The predicted molar refractivity (Wildman–Crippen MR) is 76.9 cm³/mol. The minimum Gasteiger partial charge on any atom is -0.321 e. The smallest absolute Gasteiger partial charge is 0.321 e. The maximum absolute atomic E-state index is 12.8. The number of hydrogen-bond acceptors (Lipinski definition) is 2. The van der Waals surface area contributed by atoms with E-state index in [2.05, 4.69) is 17.0 Å². The topological polar surface area (TPSA) is 46.9 Å². The van der Waals surface area contributed by atoms with Crippen molar-refractivity contribution in [2.45, 2.75) is 20.0 Å². The Labute approximate surface area is 125 Å². The van der Waals surface area contributed by atoms with Crippen molar-refractivity contribution in [2.24, 2.45) is 0 Å². The van der Waals surface area contributed by atoms with Gasteiger partial charge in [-0.2, -0.15) is 18.3 Å². The molecule has 7 heteroatoms. The molecule has 0 radical (unpaired) electrons. The minimum atomic E-state index is -4.50. The third-order valence-electron chi connectivity index (χ3n) is 3.00. The largest absolute Gasteiger partial charge is 0.416 e. The van der Waals surface area contributed by atoms with E-state index in [4.69, 9.17) is 0 Å². The summed E-state index contributed by atoms with van der Waals surface area (Å²) < 4.78 is 40.0. The number of hydrogen-bond donors (Lipinski definition) is 1. The average molecular weight is 309 g/mol. The van der Waals surface area contributed by atoms with E-state index < -0.39 is 17.6 Å². The van der Waals surface area contributed by atoms with Crippen molar-refractivity contribution >= 4 is 11.6 Å². The summed E-state index contributed by atoms with van der Waals surface area (Å²) in [4.78, 5) is 11.5. The summed E-state index contributed by atoms with van der Waals surface area (Å²) in [6.07, 6.45) is -3.51. The lowest BCUT2D eigenvalue weighted by Gasteiger charge is -2.15. The maximum Gasteiger partial charge on any atom is 0.416 e. The van der Waals surface area contributed by atoms with Gasteiger partial charge in [-0.1, -0.05) is 6.58 Å².